The van der Waals surface area contributed by atoms with E-state index in [1.54, 1.807) is 0 Å². The lowest BCUT2D eigenvalue weighted by atomic mass is 9.78. The Hall–Kier alpha value is -1.52. The van der Waals surface area contributed by atoms with E-state index in [1.807, 2.05) is 30.6 Å². The van der Waals surface area contributed by atoms with Gasteiger partial charge in [-0.25, -0.2) is 4.79 Å². The minimum Gasteiger partial charge on any atom is -0.444 e. The van der Waals surface area contributed by atoms with Gasteiger partial charge in [0.25, 0.3) is 0 Å². The van der Waals surface area contributed by atoms with E-state index in [-0.39, 0.29) is 17.4 Å². The molecule has 0 aromatic carbocycles. The average molecular weight is 294 g/mol. The smallest absolute Gasteiger partial charge is 0.410 e. The van der Waals surface area contributed by atoms with Crippen LogP contribution in [0, 0.1) is 5.41 Å². The number of rotatable bonds is 1. The summed E-state index contributed by atoms with van der Waals surface area (Å²) < 4.78 is 5.44. The highest BCUT2D eigenvalue weighted by Crippen LogP contribution is 2.40. The number of hydrogen-bond donors (Lipinski definition) is 0. The Morgan fingerprint density at radius 3 is 2.10 bits per heavy atom. The van der Waals surface area contributed by atoms with Gasteiger partial charge in [0.1, 0.15) is 5.60 Å². The van der Waals surface area contributed by atoms with Crippen LogP contribution in [-0.4, -0.2) is 53.6 Å². The summed E-state index contributed by atoms with van der Waals surface area (Å²) in [5, 5.41) is 0. The molecular formula is C16H26N2O3. The average Bonchev–Trinajstić information content (AvgIpc) is 2.81. The maximum Gasteiger partial charge on any atom is 0.410 e. The quantitative estimate of drug-likeness (QED) is 0.698. The molecule has 2 aliphatic heterocycles. The number of carbonyl (C=O) groups excluding carboxylic acids is 2. The van der Waals surface area contributed by atoms with Crippen molar-refractivity contribution in [3.05, 3.63) is 12.7 Å². The molecular weight excluding hydrogens is 268 g/mol. The number of likely N-dealkylation sites (tertiary alicyclic amines) is 2. The molecule has 1 spiro atoms. The van der Waals surface area contributed by atoms with Gasteiger partial charge in [0.2, 0.25) is 5.91 Å². The molecule has 0 atom stereocenters. The zero-order valence-electron chi connectivity index (χ0n) is 13.4. The van der Waals surface area contributed by atoms with Crippen molar-refractivity contribution in [1.29, 1.82) is 0 Å². The standard InChI is InChI=1S/C16H26N2O3/c1-5-13(19)17-9-6-16(7-10-17)8-11-18(12-16)14(20)21-15(2,3)4/h5H,1,6-12H2,2-4H3. The van der Waals surface area contributed by atoms with Crippen LogP contribution in [0.3, 0.4) is 0 Å². The SMILES string of the molecule is C=CC(=O)N1CCC2(CC1)CCN(C(=O)OC(C)(C)C)C2. The lowest BCUT2D eigenvalue weighted by molar-refractivity contribution is -0.128. The van der Waals surface area contributed by atoms with E-state index in [9.17, 15) is 9.59 Å². The predicted octanol–water partition coefficient (Wildman–Crippen LogP) is 2.42. The summed E-state index contributed by atoms with van der Waals surface area (Å²) >= 11 is 0. The predicted molar refractivity (Wildman–Crippen MR) is 80.9 cm³/mol. The molecule has 0 unspecified atom stereocenters. The van der Waals surface area contributed by atoms with Crippen molar-refractivity contribution in [1.82, 2.24) is 9.80 Å². The van der Waals surface area contributed by atoms with Crippen LogP contribution in [0.5, 0.6) is 0 Å². The molecule has 0 radical (unpaired) electrons. The van der Waals surface area contributed by atoms with Gasteiger partial charge in [0.15, 0.2) is 0 Å². The molecule has 118 valence electrons. The minimum atomic E-state index is -0.452. The zero-order chi connectivity index (χ0) is 15.7. The van der Waals surface area contributed by atoms with Crippen LogP contribution < -0.4 is 0 Å². The van der Waals surface area contributed by atoms with Crippen LogP contribution in [0.4, 0.5) is 4.79 Å². The van der Waals surface area contributed by atoms with Crippen LogP contribution in [0.25, 0.3) is 0 Å². The van der Waals surface area contributed by atoms with E-state index < -0.39 is 5.60 Å². The highest BCUT2D eigenvalue weighted by Gasteiger charge is 2.43. The molecule has 2 fully saturated rings. The molecule has 5 heteroatoms. The molecule has 0 N–H and O–H groups in total. The molecule has 0 bridgehead atoms. The van der Waals surface area contributed by atoms with E-state index in [2.05, 4.69) is 6.58 Å². The Morgan fingerprint density at radius 1 is 1.10 bits per heavy atom. The first-order valence-corrected chi connectivity index (χ1v) is 7.64. The molecule has 2 amide bonds. The van der Waals surface area contributed by atoms with Gasteiger partial charge in [-0.3, -0.25) is 4.79 Å². The van der Waals surface area contributed by atoms with E-state index >= 15 is 0 Å². The number of nitrogens with zero attached hydrogens (tertiary/aromatic N) is 2. The third-order valence-corrected chi connectivity index (χ3v) is 4.40. The van der Waals surface area contributed by atoms with Gasteiger partial charge in [-0.1, -0.05) is 6.58 Å². The van der Waals surface area contributed by atoms with Crippen LogP contribution in [0.15, 0.2) is 12.7 Å². The normalized spacial score (nSPS) is 21.5. The van der Waals surface area contributed by atoms with Crippen LogP contribution in [-0.2, 0) is 9.53 Å². The Bertz CT molecular complexity index is 431. The van der Waals surface area contributed by atoms with Crippen LogP contribution in [0.1, 0.15) is 40.0 Å². The van der Waals surface area contributed by atoms with Gasteiger partial charge in [-0.15, -0.1) is 0 Å². The summed E-state index contributed by atoms with van der Waals surface area (Å²) in [7, 11) is 0. The van der Waals surface area contributed by atoms with Crippen LogP contribution in [0.2, 0.25) is 0 Å². The highest BCUT2D eigenvalue weighted by atomic mass is 16.6. The molecule has 0 aromatic heterocycles. The topological polar surface area (TPSA) is 49.9 Å². The number of carbonyl (C=O) groups is 2. The van der Waals surface area contributed by atoms with E-state index in [0.717, 1.165) is 45.4 Å². The first kappa shape index (κ1) is 15.9. The monoisotopic (exact) mass is 294 g/mol. The maximum absolute atomic E-state index is 12.1. The fourth-order valence-electron chi connectivity index (χ4n) is 3.16. The first-order chi connectivity index (χ1) is 9.75. The second-order valence-electron chi connectivity index (χ2n) is 7.18. The zero-order valence-corrected chi connectivity index (χ0v) is 13.4. The van der Waals surface area contributed by atoms with E-state index in [1.165, 1.54) is 6.08 Å². The third kappa shape index (κ3) is 3.77. The van der Waals surface area contributed by atoms with Crippen molar-refractivity contribution >= 4 is 12.0 Å². The molecule has 2 aliphatic rings. The Labute approximate surface area is 126 Å². The van der Waals surface area contributed by atoms with Crippen molar-refractivity contribution in [2.45, 2.75) is 45.6 Å². The molecule has 0 aliphatic carbocycles. The summed E-state index contributed by atoms with van der Waals surface area (Å²) in [6.07, 6.45) is 4.06. The Kier molecular flexibility index (Phi) is 4.30. The minimum absolute atomic E-state index is 0.00634. The maximum atomic E-state index is 12.1. The van der Waals surface area contributed by atoms with Gasteiger partial charge in [0.05, 0.1) is 0 Å². The molecule has 0 saturated carbocycles. The summed E-state index contributed by atoms with van der Waals surface area (Å²) in [5.41, 5.74) is -0.290. The lowest BCUT2D eigenvalue weighted by Crippen LogP contribution is -2.44. The molecule has 2 rings (SSSR count). The molecule has 0 aromatic rings. The van der Waals surface area contributed by atoms with Crippen molar-refractivity contribution in [2.75, 3.05) is 26.2 Å². The van der Waals surface area contributed by atoms with E-state index in [4.69, 9.17) is 4.74 Å². The first-order valence-electron chi connectivity index (χ1n) is 7.64. The van der Waals surface area contributed by atoms with Crippen molar-refractivity contribution in [2.24, 2.45) is 5.41 Å². The summed E-state index contributed by atoms with van der Waals surface area (Å²) in [5.74, 6) is 0.00634. The van der Waals surface area contributed by atoms with Gasteiger partial charge < -0.3 is 14.5 Å². The number of amides is 2. The largest absolute Gasteiger partial charge is 0.444 e. The third-order valence-electron chi connectivity index (χ3n) is 4.40. The fraction of sp³-hybridized carbons (Fsp3) is 0.750. The highest BCUT2D eigenvalue weighted by molar-refractivity contribution is 5.87. The van der Waals surface area contributed by atoms with Crippen molar-refractivity contribution in [3.8, 4) is 0 Å². The Balaban J connectivity index is 1.89. The Morgan fingerprint density at radius 2 is 1.62 bits per heavy atom. The summed E-state index contributed by atoms with van der Waals surface area (Å²) in [6.45, 7) is 12.2. The van der Waals surface area contributed by atoms with Gasteiger partial charge in [0, 0.05) is 26.2 Å². The molecule has 5 nitrogen and oxygen atoms in total. The number of piperidine rings is 1. The molecule has 2 heterocycles. The van der Waals surface area contributed by atoms with E-state index in [0.29, 0.717) is 0 Å². The fourth-order valence-corrected chi connectivity index (χ4v) is 3.16. The van der Waals surface area contributed by atoms with Crippen molar-refractivity contribution < 1.29 is 14.3 Å². The van der Waals surface area contributed by atoms with Gasteiger partial charge in [-0.2, -0.15) is 0 Å². The molecule has 21 heavy (non-hydrogen) atoms. The summed E-state index contributed by atoms with van der Waals surface area (Å²) in [6, 6.07) is 0. The number of ether oxygens (including phenoxy) is 1. The van der Waals surface area contributed by atoms with Crippen LogP contribution >= 0.6 is 0 Å². The van der Waals surface area contributed by atoms with Gasteiger partial charge in [-0.05, 0) is 51.5 Å². The second-order valence-corrected chi connectivity index (χ2v) is 7.18. The lowest BCUT2D eigenvalue weighted by Gasteiger charge is -2.38. The summed E-state index contributed by atoms with van der Waals surface area (Å²) in [4.78, 5) is 27.4. The number of hydrogen-bond acceptors (Lipinski definition) is 3. The molecule has 2 saturated heterocycles. The van der Waals surface area contributed by atoms with Gasteiger partial charge >= 0.3 is 6.09 Å². The second kappa shape index (κ2) is 5.70. The van der Waals surface area contributed by atoms with Crippen molar-refractivity contribution in [3.63, 3.8) is 0 Å².